The van der Waals surface area contributed by atoms with E-state index < -0.39 is 0 Å². The molecule has 22 heavy (non-hydrogen) atoms. The Labute approximate surface area is 134 Å². The van der Waals surface area contributed by atoms with Gasteiger partial charge >= 0.3 is 0 Å². The van der Waals surface area contributed by atoms with Crippen molar-refractivity contribution in [1.29, 1.82) is 0 Å². The van der Waals surface area contributed by atoms with Gasteiger partial charge in [-0.2, -0.15) is 0 Å². The van der Waals surface area contributed by atoms with Gasteiger partial charge in [-0.15, -0.1) is 0 Å². The molecule has 0 aliphatic carbocycles. The Morgan fingerprint density at radius 1 is 0.955 bits per heavy atom. The molecule has 0 aromatic heterocycles. The first-order valence-corrected chi connectivity index (χ1v) is 8.58. The predicted molar refractivity (Wildman–Crippen MR) is 88.2 cm³/mol. The lowest BCUT2D eigenvalue weighted by molar-refractivity contribution is -0.0118. The highest BCUT2D eigenvalue weighted by atomic mass is 16.5. The number of rotatable bonds is 5. The van der Waals surface area contributed by atoms with Crippen LogP contribution in [0.2, 0.25) is 0 Å². The van der Waals surface area contributed by atoms with Crippen LogP contribution in [0.15, 0.2) is 30.3 Å². The second-order valence-electron chi connectivity index (χ2n) is 6.30. The molecule has 0 unspecified atom stereocenters. The van der Waals surface area contributed by atoms with Crippen LogP contribution in [0.5, 0.6) is 0 Å². The number of ether oxygens (including phenoxy) is 2. The standard InChI is InChI=1S/C18H28N2O2/c1-2-5-17(6-3-1)7-9-19-8-4-12-22-18(15-19)16-20-10-13-21-14-11-20/h1-3,5-6,18H,4,7-16H2/t18-/m0/s1. The average molecular weight is 304 g/mol. The molecule has 0 spiro atoms. The summed E-state index contributed by atoms with van der Waals surface area (Å²) in [5.74, 6) is 0. The number of benzene rings is 1. The van der Waals surface area contributed by atoms with E-state index in [-0.39, 0.29) is 0 Å². The molecule has 4 heteroatoms. The van der Waals surface area contributed by atoms with Crippen LogP contribution < -0.4 is 0 Å². The van der Waals surface area contributed by atoms with Crippen LogP contribution in [0.3, 0.4) is 0 Å². The minimum Gasteiger partial charge on any atom is -0.379 e. The van der Waals surface area contributed by atoms with Crippen molar-refractivity contribution in [2.45, 2.75) is 18.9 Å². The Morgan fingerprint density at radius 3 is 2.59 bits per heavy atom. The zero-order valence-corrected chi connectivity index (χ0v) is 13.5. The molecule has 4 nitrogen and oxygen atoms in total. The summed E-state index contributed by atoms with van der Waals surface area (Å²) in [4.78, 5) is 5.06. The first-order valence-electron chi connectivity index (χ1n) is 8.58. The summed E-state index contributed by atoms with van der Waals surface area (Å²) >= 11 is 0. The fourth-order valence-electron chi connectivity index (χ4n) is 3.29. The summed E-state index contributed by atoms with van der Waals surface area (Å²) < 4.78 is 11.5. The molecule has 2 saturated heterocycles. The summed E-state index contributed by atoms with van der Waals surface area (Å²) in [6, 6.07) is 10.8. The monoisotopic (exact) mass is 304 g/mol. The maximum absolute atomic E-state index is 6.06. The molecule has 1 aromatic rings. The molecule has 2 heterocycles. The van der Waals surface area contributed by atoms with Crippen LogP contribution in [0, 0.1) is 0 Å². The lowest BCUT2D eigenvalue weighted by Gasteiger charge is -2.31. The normalized spacial score (nSPS) is 25.0. The van der Waals surface area contributed by atoms with E-state index in [0.717, 1.165) is 71.9 Å². The highest BCUT2D eigenvalue weighted by molar-refractivity contribution is 5.14. The minimum absolute atomic E-state index is 0.344. The number of nitrogens with zero attached hydrogens (tertiary/aromatic N) is 2. The third-order valence-electron chi connectivity index (χ3n) is 4.56. The van der Waals surface area contributed by atoms with Gasteiger partial charge in [0.2, 0.25) is 0 Å². The van der Waals surface area contributed by atoms with Crippen LogP contribution in [0.4, 0.5) is 0 Å². The second-order valence-corrected chi connectivity index (χ2v) is 6.30. The summed E-state index contributed by atoms with van der Waals surface area (Å²) in [7, 11) is 0. The van der Waals surface area contributed by atoms with Crippen molar-refractivity contribution >= 4 is 0 Å². The van der Waals surface area contributed by atoms with Gasteiger partial charge in [0.1, 0.15) is 0 Å². The molecule has 0 N–H and O–H groups in total. The Kier molecular flexibility index (Phi) is 6.25. The van der Waals surface area contributed by atoms with Gasteiger partial charge in [0, 0.05) is 45.9 Å². The Hall–Kier alpha value is -0.940. The molecule has 2 aliphatic rings. The van der Waals surface area contributed by atoms with Gasteiger partial charge < -0.3 is 14.4 Å². The van der Waals surface area contributed by atoms with Crippen molar-refractivity contribution in [3.63, 3.8) is 0 Å². The molecular formula is C18H28N2O2. The zero-order chi connectivity index (χ0) is 15.0. The SMILES string of the molecule is c1ccc(CCN2CCCO[C@H](CN3CCOCC3)C2)cc1. The van der Waals surface area contributed by atoms with Gasteiger partial charge in [0.05, 0.1) is 19.3 Å². The fourth-order valence-corrected chi connectivity index (χ4v) is 3.29. The van der Waals surface area contributed by atoms with Crippen LogP contribution in [-0.4, -0.2) is 75.0 Å². The molecule has 122 valence electrons. The van der Waals surface area contributed by atoms with Gasteiger partial charge in [-0.25, -0.2) is 0 Å². The molecule has 1 atom stereocenters. The predicted octanol–water partition coefficient (Wildman–Crippen LogP) is 1.65. The van der Waals surface area contributed by atoms with Crippen molar-refractivity contribution in [1.82, 2.24) is 9.80 Å². The van der Waals surface area contributed by atoms with E-state index in [9.17, 15) is 0 Å². The molecule has 3 rings (SSSR count). The molecule has 0 saturated carbocycles. The summed E-state index contributed by atoms with van der Waals surface area (Å²) in [6.45, 7) is 9.12. The Bertz CT molecular complexity index is 420. The third kappa shape index (κ3) is 5.06. The molecular weight excluding hydrogens is 276 g/mol. The quantitative estimate of drug-likeness (QED) is 0.826. The summed E-state index contributed by atoms with van der Waals surface area (Å²) in [5.41, 5.74) is 1.43. The van der Waals surface area contributed by atoms with Crippen LogP contribution in [-0.2, 0) is 15.9 Å². The van der Waals surface area contributed by atoms with Gasteiger partial charge in [0.25, 0.3) is 0 Å². The molecule has 0 bridgehead atoms. The van der Waals surface area contributed by atoms with Crippen LogP contribution >= 0.6 is 0 Å². The van der Waals surface area contributed by atoms with E-state index in [4.69, 9.17) is 9.47 Å². The largest absolute Gasteiger partial charge is 0.379 e. The van der Waals surface area contributed by atoms with Gasteiger partial charge in [-0.3, -0.25) is 4.90 Å². The maximum Gasteiger partial charge on any atom is 0.0828 e. The van der Waals surface area contributed by atoms with Crippen molar-refractivity contribution in [2.75, 3.05) is 59.1 Å². The van der Waals surface area contributed by atoms with Crippen molar-refractivity contribution < 1.29 is 9.47 Å². The van der Waals surface area contributed by atoms with Gasteiger partial charge in [-0.05, 0) is 18.4 Å². The molecule has 2 aliphatic heterocycles. The smallest absolute Gasteiger partial charge is 0.0828 e. The molecule has 0 radical (unpaired) electrons. The van der Waals surface area contributed by atoms with E-state index in [1.807, 2.05) is 0 Å². The van der Waals surface area contributed by atoms with E-state index >= 15 is 0 Å². The molecule has 1 aromatic carbocycles. The van der Waals surface area contributed by atoms with Crippen LogP contribution in [0.1, 0.15) is 12.0 Å². The number of hydrogen-bond acceptors (Lipinski definition) is 4. The Morgan fingerprint density at radius 2 is 1.77 bits per heavy atom. The number of hydrogen-bond donors (Lipinski definition) is 0. The first-order chi connectivity index (χ1) is 10.9. The average Bonchev–Trinajstić information content (AvgIpc) is 2.80. The van der Waals surface area contributed by atoms with Crippen molar-refractivity contribution in [3.8, 4) is 0 Å². The van der Waals surface area contributed by atoms with E-state index in [1.54, 1.807) is 0 Å². The minimum atomic E-state index is 0.344. The lowest BCUT2D eigenvalue weighted by atomic mass is 10.1. The van der Waals surface area contributed by atoms with Crippen molar-refractivity contribution in [3.05, 3.63) is 35.9 Å². The van der Waals surface area contributed by atoms with E-state index in [2.05, 4.69) is 40.1 Å². The fraction of sp³-hybridized carbons (Fsp3) is 0.667. The first kappa shape index (κ1) is 15.9. The van der Waals surface area contributed by atoms with Crippen molar-refractivity contribution in [2.24, 2.45) is 0 Å². The van der Waals surface area contributed by atoms with E-state index in [0.29, 0.717) is 6.10 Å². The Balaban J connectivity index is 1.46. The van der Waals surface area contributed by atoms with Crippen LogP contribution in [0.25, 0.3) is 0 Å². The summed E-state index contributed by atoms with van der Waals surface area (Å²) in [6.07, 6.45) is 2.62. The molecule has 0 amide bonds. The zero-order valence-electron chi connectivity index (χ0n) is 13.5. The summed E-state index contributed by atoms with van der Waals surface area (Å²) in [5, 5.41) is 0. The topological polar surface area (TPSA) is 24.9 Å². The highest BCUT2D eigenvalue weighted by Crippen LogP contribution is 2.10. The highest BCUT2D eigenvalue weighted by Gasteiger charge is 2.22. The maximum atomic E-state index is 6.06. The second kappa shape index (κ2) is 8.63. The lowest BCUT2D eigenvalue weighted by Crippen LogP contribution is -2.45. The van der Waals surface area contributed by atoms with Gasteiger partial charge in [0.15, 0.2) is 0 Å². The van der Waals surface area contributed by atoms with Gasteiger partial charge in [-0.1, -0.05) is 30.3 Å². The van der Waals surface area contributed by atoms with E-state index in [1.165, 1.54) is 5.56 Å². The third-order valence-corrected chi connectivity index (χ3v) is 4.56. The number of morpholine rings is 1. The molecule has 2 fully saturated rings.